The minimum Gasteiger partial charge on any atom is -0.497 e. The van der Waals surface area contributed by atoms with Crippen molar-refractivity contribution in [2.75, 3.05) is 17.9 Å². The van der Waals surface area contributed by atoms with Gasteiger partial charge in [0.2, 0.25) is 0 Å². The van der Waals surface area contributed by atoms with Gasteiger partial charge in [0.15, 0.2) is 9.84 Å². The number of nitrogens with zero attached hydrogens (tertiary/aromatic N) is 2. The lowest BCUT2D eigenvalue weighted by Crippen LogP contribution is -2.28. The molecule has 2 N–H and O–H groups in total. The van der Waals surface area contributed by atoms with Crippen LogP contribution >= 0.6 is 27.3 Å². The first kappa shape index (κ1) is 21.2. The molecule has 0 saturated heterocycles. The van der Waals surface area contributed by atoms with Gasteiger partial charge in [-0.15, -0.1) is 11.3 Å². The molecule has 0 radical (unpaired) electrons. The minimum absolute atomic E-state index is 0.103. The molecule has 2 aromatic heterocycles. The molecule has 0 atom stereocenters. The van der Waals surface area contributed by atoms with Gasteiger partial charge in [-0.25, -0.2) is 13.9 Å². The Bertz CT molecular complexity index is 1100. The Kier molecular flexibility index (Phi) is 6.52. The number of rotatable bonds is 7. The molecule has 152 valence electrons. The van der Waals surface area contributed by atoms with Crippen molar-refractivity contribution in [3.05, 3.63) is 63.5 Å². The van der Waals surface area contributed by atoms with E-state index in [0.29, 0.717) is 20.9 Å². The number of halogens is 1. The molecular formula is C18H16BrN3O5S2. The maximum absolute atomic E-state index is 13.1. The average Bonchev–Trinajstić information content (AvgIpc) is 3.13. The summed E-state index contributed by atoms with van der Waals surface area (Å²) in [6.07, 6.45) is 3.05. The topological polar surface area (TPSA) is 109 Å². The van der Waals surface area contributed by atoms with E-state index in [1.807, 2.05) is 0 Å². The van der Waals surface area contributed by atoms with Crippen molar-refractivity contribution >= 4 is 54.4 Å². The fraction of sp³-hybridized carbons (Fsp3) is 0.111. The summed E-state index contributed by atoms with van der Waals surface area (Å²) in [5.41, 5.74) is 2.49. The Morgan fingerprint density at radius 3 is 2.62 bits per heavy atom. The SMILES string of the molecule is COc1ccc(S(=O)(=O)CN(c2cccnc2)c2c(C(=O)NO)csc2Br)cc1. The Morgan fingerprint density at radius 1 is 1.31 bits per heavy atom. The number of nitrogens with one attached hydrogen (secondary N) is 1. The largest absolute Gasteiger partial charge is 0.497 e. The smallest absolute Gasteiger partial charge is 0.277 e. The quantitative estimate of drug-likeness (QED) is 0.379. The molecule has 0 bridgehead atoms. The lowest BCUT2D eigenvalue weighted by Gasteiger charge is -2.25. The molecule has 0 aliphatic heterocycles. The fourth-order valence-corrected chi connectivity index (χ4v) is 5.41. The van der Waals surface area contributed by atoms with Gasteiger partial charge in [-0.1, -0.05) is 0 Å². The second-order valence-electron chi connectivity index (χ2n) is 5.77. The molecule has 3 aromatic rings. The Balaban J connectivity index is 2.08. The maximum Gasteiger partial charge on any atom is 0.277 e. The van der Waals surface area contributed by atoms with E-state index in [9.17, 15) is 13.2 Å². The molecule has 2 heterocycles. The molecule has 1 amide bonds. The summed E-state index contributed by atoms with van der Waals surface area (Å²) in [4.78, 5) is 17.7. The molecule has 0 saturated carbocycles. The normalized spacial score (nSPS) is 11.1. The zero-order valence-corrected chi connectivity index (χ0v) is 18.3. The van der Waals surface area contributed by atoms with Crippen LogP contribution in [0.5, 0.6) is 5.75 Å². The molecule has 0 fully saturated rings. The summed E-state index contributed by atoms with van der Waals surface area (Å²) in [5.74, 6) is -0.667. The Labute approximate surface area is 179 Å². The summed E-state index contributed by atoms with van der Waals surface area (Å²) in [6.45, 7) is 0. The van der Waals surface area contributed by atoms with Gasteiger partial charge in [0.1, 0.15) is 11.6 Å². The van der Waals surface area contributed by atoms with Gasteiger partial charge in [0.25, 0.3) is 5.91 Å². The third-order valence-electron chi connectivity index (χ3n) is 4.01. The number of methoxy groups -OCH3 is 1. The number of amides is 1. The van der Waals surface area contributed by atoms with Crippen molar-refractivity contribution in [1.82, 2.24) is 10.5 Å². The molecule has 11 heteroatoms. The Morgan fingerprint density at radius 2 is 2.03 bits per heavy atom. The number of hydroxylamine groups is 1. The van der Waals surface area contributed by atoms with E-state index in [1.54, 1.807) is 35.9 Å². The van der Waals surface area contributed by atoms with Crippen LogP contribution in [0.2, 0.25) is 0 Å². The number of hydrogen-bond donors (Lipinski definition) is 2. The van der Waals surface area contributed by atoms with Crippen molar-refractivity contribution in [2.24, 2.45) is 0 Å². The fourth-order valence-electron chi connectivity index (χ4n) is 2.61. The van der Waals surface area contributed by atoms with E-state index in [-0.39, 0.29) is 10.5 Å². The highest BCUT2D eigenvalue weighted by Crippen LogP contribution is 2.40. The van der Waals surface area contributed by atoms with Crippen LogP contribution in [0, 0.1) is 0 Å². The number of carbonyl (C=O) groups excluding carboxylic acids is 1. The van der Waals surface area contributed by atoms with Crippen molar-refractivity contribution in [2.45, 2.75) is 4.90 Å². The standard InChI is InChI=1S/C18H16BrN3O5S2/c1-27-13-4-6-14(7-5-13)29(25,26)11-22(12-3-2-8-20-9-12)16-15(18(23)21-24)10-28-17(16)19/h2-10,24H,11H2,1H3,(H,21,23). The molecule has 3 rings (SSSR count). The maximum atomic E-state index is 13.1. The van der Waals surface area contributed by atoms with Gasteiger partial charge in [0, 0.05) is 11.6 Å². The van der Waals surface area contributed by atoms with Crippen molar-refractivity contribution in [3.63, 3.8) is 0 Å². The lowest BCUT2D eigenvalue weighted by molar-refractivity contribution is 0.0707. The van der Waals surface area contributed by atoms with Crippen LogP contribution in [0.3, 0.4) is 0 Å². The van der Waals surface area contributed by atoms with Gasteiger partial charge >= 0.3 is 0 Å². The van der Waals surface area contributed by atoms with Gasteiger partial charge < -0.3 is 9.64 Å². The van der Waals surface area contributed by atoms with Crippen LogP contribution < -0.4 is 15.1 Å². The van der Waals surface area contributed by atoms with E-state index in [0.717, 1.165) is 0 Å². The number of carbonyl (C=O) groups is 1. The summed E-state index contributed by atoms with van der Waals surface area (Å²) in [5, 5.41) is 10.6. The summed E-state index contributed by atoms with van der Waals surface area (Å²) >= 11 is 4.57. The third kappa shape index (κ3) is 4.58. The molecule has 0 aliphatic rings. The van der Waals surface area contributed by atoms with Crippen LogP contribution in [0.25, 0.3) is 0 Å². The highest BCUT2D eigenvalue weighted by atomic mass is 79.9. The van der Waals surface area contributed by atoms with Crippen LogP contribution in [0.1, 0.15) is 10.4 Å². The molecule has 1 aromatic carbocycles. The van der Waals surface area contributed by atoms with E-state index >= 15 is 0 Å². The summed E-state index contributed by atoms with van der Waals surface area (Å²) < 4.78 is 31.8. The van der Waals surface area contributed by atoms with E-state index < -0.39 is 21.6 Å². The van der Waals surface area contributed by atoms with Crippen LogP contribution in [0.15, 0.2) is 62.9 Å². The zero-order valence-electron chi connectivity index (χ0n) is 15.1. The number of ether oxygens (including phenoxy) is 1. The van der Waals surface area contributed by atoms with Crippen molar-refractivity contribution in [1.29, 1.82) is 0 Å². The first-order chi connectivity index (χ1) is 13.9. The number of sulfone groups is 1. The minimum atomic E-state index is -3.79. The summed E-state index contributed by atoms with van der Waals surface area (Å²) in [6, 6.07) is 9.38. The average molecular weight is 498 g/mol. The van der Waals surface area contributed by atoms with Crippen LogP contribution in [-0.2, 0) is 9.84 Å². The number of pyridine rings is 1. The second kappa shape index (κ2) is 8.91. The first-order valence-electron chi connectivity index (χ1n) is 8.13. The number of benzene rings is 1. The highest BCUT2D eigenvalue weighted by Gasteiger charge is 2.28. The molecule has 0 unspecified atom stereocenters. The monoisotopic (exact) mass is 497 g/mol. The lowest BCUT2D eigenvalue weighted by atomic mass is 10.2. The van der Waals surface area contributed by atoms with Crippen LogP contribution in [0.4, 0.5) is 11.4 Å². The van der Waals surface area contributed by atoms with Crippen molar-refractivity contribution < 1.29 is 23.2 Å². The molecular weight excluding hydrogens is 482 g/mol. The van der Waals surface area contributed by atoms with Gasteiger partial charge in [0.05, 0.1) is 38.9 Å². The number of anilines is 2. The summed E-state index contributed by atoms with van der Waals surface area (Å²) in [7, 11) is -2.30. The number of aromatic nitrogens is 1. The van der Waals surface area contributed by atoms with E-state index in [2.05, 4.69) is 20.9 Å². The van der Waals surface area contributed by atoms with Crippen LogP contribution in [-0.4, -0.2) is 37.5 Å². The van der Waals surface area contributed by atoms with Crippen molar-refractivity contribution in [3.8, 4) is 5.75 Å². The highest BCUT2D eigenvalue weighted by molar-refractivity contribution is 9.11. The molecule has 0 aliphatic carbocycles. The number of thiophene rings is 1. The number of hydrogen-bond acceptors (Lipinski definition) is 8. The predicted molar refractivity (Wildman–Crippen MR) is 113 cm³/mol. The molecule has 8 nitrogen and oxygen atoms in total. The second-order valence-corrected chi connectivity index (χ2v) is 9.93. The van der Waals surface area contributed by atoms with Gasteiger partial charge in [-0.2, -0.15) is 0 Å². The zero-order chi connectivity index (χ0) is 21.0. The van der Waals surface area contributed by atoms with E-state index in [1.165, 1.54) is 47.1 Å². The predicted octanol–water partition coefficient (Wildman–Crippen LogP) is 3.60. The van der Waals surface area contributed by atoms with Gasteiger partial charge in [-0.05, 0) is 52.3 Å². The van der Waals surface area contributed by atoms with Gasteiger partial charge in [-0.3, -0.25) is 15.0 Å². The first-order valence-corrected chi connectivity index (χ1v) is 11.5. The third-order valence-corrected chi connectivity index (χ3v) is 7.29. The molecule has 0 spiro atoms. The van der Waals surface area contributed by atoms with E-state index in [4.69, 9.17) is 9.94 Å². The molecule has 29 heavy (non-hydrogen) atoms. The Hall–Kier alpha value is -2.47.